The van der Waals surface area contributed by atoms with Gasteiger partial charge in [0.25, 0.3) is 0 Å². The molecule has 2 atom stereocenters. The van der Waals surface area contributed by atoms with Gasteiger partial charge in [0.2, 0.25) is 15.9 Å². The van der Waals surface area contributed by atoms with Crippen LogP contribution in [0.4, 0.5) is 10.1 Å². The molecule has 23 heavy (non-hydrogen) atoms. The van der Waals surface area contributed by atoms with Gasteiger partial charge in [0.1, 0.15) is 11.9 Å². The SMILES string of the molecule is C[C@@H](C(=O)NC[C@@H]1CCCO1)N(c1ccc(F)cc1)S(C)(=O)=O. The van der Waals surface area contributed by atoms with Crippen LogP contribution >= 0.6 is 0 Å². The Labute approximate surface area is 135 Å². The number of hydrogen-bond donors (Lipinski definition) is 1. The quantitative estimate of drug-likeness (QED) is 0.843. The minimum atomic E-state index is -3.69. The number of hydrogen-bond acceptors (Lipinski definition) is 4. The highest BCUT2D eigenvalue weighted by Gasteiger charge is 2.29. The fraction of sp³-hybridized carbons (Fsp3) is 0.533. The Morgan fingerprint density at radius 1 is 1.43 bits per heavy atom. The Hall–Kier alpha value is -1.67. The maximum atomic E-state index is 13.0. The van der Waals surface area contributed by atoms with E-state index in [2.05, 4.69) is 5.32 Å². The third kappa shape index (κ3) is 4.65. The molecule has 0 radical (unpaired) electrons. The minimum absolute atomic E-state index is 0.0244. The van der Waals surface area contributed by atoms with Crippen molar-refractivity contribution in [3.63, 3.8) is 0 Å². The van der Waals surface area contributed by atoms with Gasteiger partial charge in [-0.25, -0.2) is 12.8 Å². The fourth-order valence-electron chi connectivity index (χ4n) is 2.56. The number of rotatable bonds is 6. The lowest BCUT2D eigenvalue weighted by atomic mass is 10.2. The normalized spacial score (nSPS) is 19.3. The summed E-state index contributed by atoms with van der Waals surface area (Å²) in [6.07, 6.45) is 2.83. The fourth-order valence-corrected chi connectivity index (χ4v) is 3.74. The highest BCUT2D eigenvalue weighted by molar-refractivity contribution is 7.92. The van der Waals surface area contributed by atoms with Crippen molar-refractivity contribution in [2.75, 3.05) is 23.7 Å². The van der Waals surface area contributed by atoms with Crippen LogP contribution in [0, 0.1) is 5.82 Å². The summed E-state index contributed by atoms with van der Waals surface area (Å²) in [5.74, 6) is -0.895. The molecule has 0 saturated carbocycles. The Bertz CT molecular complexity index is 642. The van der Waals surface area contributed by atoms with Gasteiger partial charge in [0, 0.05) is 13.2 Å². The van der Waals surface area contributed by atoms with E-state index < -0.39 is 27.8 Å². The Kier molecular flexibility index (Phi) is 5.59. The van der Waals surface area contributed by atoms with Crippen LogP contribution in [0.1, 0.15) is 19.8 Å². The Balaban J connectivity index is 2.11. The maximum absolute atomic E-state index is 13.0. The smallest absolute Gasteiger partial charge is 0.243 e. The van der Waals surface area contributed by atoms with Crippen LogP contribution in [0.15, 0.2) is 24.3 Å². The number of ether oxygens (including phenoxy) is 1. The molecule has 0 bridgehead atoms. The molecule has 6 nitrogen and oxygen atoms in total. The first kappa shape index (κ1) is 17.7. The molecule has 0 aliphatic carbocycles. The largest absolute Gasteiger partial charge is 0.376 e. The van der Waals surface area contributed by atoms with Crippen molar-refractivity contribution in [2.45, 2.75) is 31.9 Å². The van der Waals surface area contributed by atoms with Crippen LogP contribution in [0.2, 0.25) is 0 Å². The Morgan fingerprint density at radius 2 is 2.09 bits per heavy atom. The van der Waals surface area contributed by atoms with Gasteiger partial charge < -0.3 is 10.1 Å². The molecule has 1 aromatic carbocycles. The van der Waals surface area contributed by atoms with Crippen LogP contribution in [0.5, 0.6) is 0 Å². The predicted molar refractivity (Wildman–Crippen MR) is 85.2 cm³/mol. The number of benzene rings is 1. The molecule has 0 spiro atoms. The summed E-state index contributed by atoms with van der Waals surface area (Å²) in [4.78, 5) is 12.3. The van der Waals surface area contributed by atoms with Gasteiger partial charge in [-0.05, 0) is 44.0 Å². The van der Waals surface area contributed by atoms with Gasteiger partial charge >= 0.3 is 0 Å². The number of carbonyl (C=O) groups is 1. The van der Waals surface area contributed by atoms with Crippen molar-refractivity contribution < 1.29 is 22.3 Å². The van der Waals surface area contributed by atoms with E-state index in [9.17, 15) is 17.6 Å². The number of amides is 1. The first-order chi connectivity index (χ1) is 10.8. The lowest BCUT2D eigenvalue weighted by Gasteiger charge is -2.28. The zero-order valence-corrected chi connectivity index (χ0v) is 14.0. The lowest BCUT2D eigenvalue weighted by molar-refractivity contribution is -0.122. The third-order valence-electron chi connectivity index (χ3n) is 3.70. The molecular weight excluding hydrogens is 323 g/mol. The minimum Gasteiger partial charge on any atom is -0.376 e. The van der Waals surface area contributed by atoms with E-state index in [0.29, 0.717) is 13.2 Å². The van der Waals surface area contributed by atoms with Gasteiger partial charge in [-0.1, -0.05) is 0 Å². The molecule has 0 unspecified atom stereocenters. The second-order valence-electron chi connectivity index (χ2n) is 5.59. The summed E-state index contributed by atoms with van der Waals surface area (Å²) in [6, 6.07) is 4.03. The molecule has 128 valence electrons. The first-order valence-electron chi connectivity index (χ1n) is 7.43. The third-order valence-corrected chi connectivity index (χ3v) is 4.94. The van der Waals surface area contributed by atoms with Crippen molar-refractivity contribution >= 4 is 21.6 Å². The number of nitrogens with one attached hydrogen (secondary N) is 1. The van der Waals surface area contributed by atoms with E-state index in [1.165, 1.54) is 19.1 Å². The predicted octanol–water partition coefficient (Wildman–Crippen LogP) is 1.28. The molecule has 1 amide bonds. The molecule has 2 rings (SSSR count). The summed E-state index contributed by atoms with van der Waals surface area (Å²) in [5, 5.41) is 2.71. The molecule has 1 N–H and O–H groups in total. The second kappa shape index (κ2) is 7.27. The molecule has 1 heterocycles. The number of anilines is 1. The van der Waals surface area contributed by atoms with E-state index in [1.807, 2.05) is 0 Å². The van der Waals surface area contributed by atoms with E-state index >= 15 is 0 Å². The second-order valence-corrected chi connectivity index (χ2v) is 7.45. The van der Waals surface area contributed by atoms with Gasteiger partial charge in [-0.15, -0.1) is 0 Å². The summed E-state index contributed by atoms with van der Waals surface area (Å²) in [5.41, 5.74) is 0.244. The number of halogens is 1. The standard InChI is InChI=1S/C15H21FN2O4S/c1-11(15(19)17-10-14-4-3-9-22-14)18(23(2,20)21)13-7-5-12(16)6-8-13/h5-8,11,14H,3-4,9-10H2,1-2H3,(H,17,19)/t11-,14-/m0/s1. The molecule has 1 saturated heterocycles. The van der Waals surface area contributed by atoms with E-state index in [0.717, 1.165) is 35.5 Å². The average molecular weight is 344 g/mol. The van der Waals surface area contributed by atoms with Gasteiger partial charge in [0.05, 0.1) is 18.0 Å². The number of nitrogens with zero attached hydrogens (tertiary/aromatic N) is 1. The van der Waals surface area contributed by atoms with Crippen LogP contribution in [0.3, 0.4) is 0 Å². The Morgan fingerprint density at radius 3 is 2.61 bits per heavy atom. The summed E-state index contributed by atoms with van der Waals surface area (Å²) in [6.45, 7) is 2.53. The maximum Gasteiger partial charge on any atom is 0.243 e. The molecule has 1 aliphatic heterocycles. The molecule has 8 heteroatoms. The summed E-state index contributed by atoms with van der Waals surface area (Å²) < 4.78 is 43.5. The van der Waals surface area contributed by atoms with E-state index in [-0.39, 0.29) is 11.8 Å². The van der Waals surface area contributed by atoms with Crippen LogP contribution in [-0.2, 0) is 19.6 Å². The van der Waals surface area contributed by atoms with Crippen LogP contribution in [-0.4, -0.2) is 45.9 Å². The van der Waals surface area contributed by atoms with Crippen molar-refractivity contribution in [1.29, 1.82) is 0 Å². The van der Waals surface area contributed by atoms with Gasteiger partial charge in [-0.3, -0.25) is 9.10 Å². The number of sulfonamides is 1. The van der Waals surface area contributed by atoms with Crippen LogP contribution < -0.4 is 9.62 Å². The molecule has 1 fully saturated rings. The summed E-state index contributed by atoms with van der Waals surface area (Å²) >= 11 is 0. The molecular formula is C15H21FN2O4S. The average Bonchev–Trinajstić information content (AvgIpc) is 2.99. The number of carbonyl (C=O) groups excluding carboxylic acids is 1. The van der Waals surface area contributed by atoms with Gasteiger partial charge in [0.15, 0.2) is 0 Å². The van der Waals surface area contributed by atoms with Crippen molar-refractivity contribution in [3.05, 3.63) is 30.1 Å². The molecule has 1 aromatic rings. The lowest BCUT2D eigenvalue weighted by Crippen LogP contribution is -2.49. The highest BCUT2D eigenvalue weighted by atomic mass is 32.2. The molecule has 1 aliphatic rings. The first-order valence-corrected chi connectivity index (χ1v) is 9.28. The topological polar surface area (TPSA) is 75.7 Å². The van der Waals surface area contributed by atoms with Crippen LogP contribution in [0.25, 0.3) is 0 Å². The monoisotopic (exact) mass is 344 g/mol. The van der Waals surface area contributed by atoms with Gasteiger partial charge in [-0.2, -0.15) is 0 Å². The zero-order valence-electron chi connectivity index (χ0n) is 13.2. The van der Waals surface area contributed by atoms with E-state index in [4.69, 9.17) is 4.74 Å². The van der Waals surface area contributed by atoms with Crippen molar-refractivity contribution in [2.24, 2.45) is 0 Å². The van der Waals surface area contributed by atoms with Crippen molar-refractivity contribution in [1.82, 2.24) is 5.32 Å². The zero-order chi connectivity index (χ0) is 17.0. The summed E-state index contributed by atoms with van der Waals surface area (Å²) in [7, 11) is -3.69. The van der Waals surface area contributed by atoms with Crippen molar-refractivity contribution in [3.8, 4) is 0 Å². The molecule has 0 aromatic heterocycles. The highest BCUT2D eigenvalue weighted by Crippen LogP contribution is 2.21. The van der Waals surface area contributed by atoms with E-state index in [1.54, 1.807) is 0 Å².